The number of fused-ring (bicyclic) bond motifs is 1. The topological polar surface area (TPSA) is 9.23 Å². The normalized spacial score (nSPS) is 10.7. The maximum Gasteiger partial charge on any atom is 0.177 e. The Hall–Kier alpha value is -1.09. The maximum absolute atomic E-state index is 12.9. The Balaban J connectivity index is 2.80. The smallest absolute Gasteiger partial charge is 0.177 e. The van der Waals surface area contributed by atoms with Crippen LogP contribution in [0.15, 0.2) is 18.2 Å². The Morgan fingerprint density at radius 1 is 1.31 bits per heavy atom. The SMILES string of the molecule is COc1cc(C)cc2sc(F)cc12. The molecule has 0 saturated heterocycles. The molecule has 13 heavy (non-hydrogen) atoms. The Morgan fingerprint density at radius 3 is 2.77 bits per heavy atom. The van der Waals surface area contributed by atoms with Gasteiger partial charge in [-0.2, -0.15) is 4.39 Å². The monoisotopic (exact) mass is 196 g/mol. The maximum atomic E-state index is 12.9. The number of ether oxygens (including phenoxy) is 1. The number of benzene rings is 1. The Kier molecular flexibility index (Phi) is 1.96. The van der Waals surface area contributed by atoms with Crippen molar-refractivity contribution in [3.8, 4) is 5.75 Å². The first-order valence-electron chi connectivity index (χ1n) is 3.94. The first-order chi connectivity index (χ1) is 6.20. The average molecular weight is 196 g/mol. The molecule has 1 heterocycles. The molecule has 0 aliphatic rings. The fourth-order valence-corrected chi connectivity index (χ4v) is 2.28. The van der Waals surface area contributed by atoms with E-state index in [0.29, 0.717) is 0 Å². The number of hydrogen-bond acceptors (Lipinski definition) is 2. The molecule has 0 aliphatic heterocycles. The fraction of sp³-hybridized carbons (Fsp3) is 0.200. The summed E-state index contributed by atoms with van der Waals surface area (Å²) in [6.07, 6.45) is 0. The van der Waals surface area contributed by atoms with Crippen LogP contribution < -0.4 is 4.74 Å². The molecule has 0 unspecified atom stereocenters. The number of methoxy groups -OCH3 is 1. The molecular formula is C10H9FOS. The second-order valence-corrected chi connectivity index (χ2v) is 3.96. The quantitative estimate of drug-likeness (QED) is 0.679. The standard InChI is InChI=1S/C10H9FOS/c1-6-3-8(12-2)7-5-10(11)13-9(7)4-6/h3-5H,1-2H3. The van der Waals surface area contributed by atoms with E-state index in [-0.39, 0.29) is 5.13 Å². The molecular weight excluding hydrogens is 187 g/mol. The summed E-state index contributed by atoms with van der Waals surface area (Å²) in [7, 11) is 1.60. The molecule has 0 bridgehead atoms. The lowest BCUT2D eigenvalue weighted by atomic mass is 10.2. The lowest BCUT2D eigenvalue weighted by Gasteiger charge is -2.02. The third-order valence-electron chi connectivity index (χ3n) is 1.93. The third-order valence-corrected chi connectivity index (χ3v) is 2.80. The van der Waals surface area contributed by atoms with Gasteiger partial charge in [-0.05, 0) is 30.7 Å². The Labute approximate surface area is 79.8 Å². The first kappa shape index (κ1) is 8.51. The van der Waals surface area contributed by atoms with Crippen molar-refractivity contribution >= 4 is 21.4 Å². The second-order valence-electron chi connectivity index (χ2n) is 2.93. The Morgan fingerprint density at radius 2 is 2.08 bits per heavy atom. The van der Waals surface area contributed by atoms with E-state index in [0.717, 1.165) is 32.7 Å². The minimum atomic E-state index is -0.168. The molecule has 1 aromatic heterocycles. The van der Waals surface area contributed by atoms with Gasteiger partial charge in [0.15, 0.2) is 5.13 Å². The minimum absolute atomic E-state index is 0.168. The number of hydrogen-bond donors (Lipinski definition) is 0. The van der Waals surface area contributed by atoms with Gasteiger partial charge in [-0.25, -0.2) is 0 Å². The van der Waals surface area contributed by atoms with Gasteiger partial charge in [-0.1, -0.05) is 0 Å². The first-order valence-corrected chi connectivity index (χ1v) is 4.76. The predicted octanol–water partition coefficient (Wildman–Crippen LogP) is 3.36. The van der Waals surface area contributed by atoms with Crippen LogP contribution in [0.3, 0.4) is 0 Å². The van der Waals surface area contributed by atoms with Crippen molar-refractivity contribution in [1.29, 1.82) is 0 Å². The highest BCUT2D eigenvalue weighted by atomic mass is 32.1. The highest BCUT2D eigenvalue weighted by molar-refractivity contribution is 7.17. The van der Waals surface area contributed by atoms with E-state index in [1.165, 1.54) is 6.07 Å². The van der Waals surface area contributed by atoms with E-state index in [1.807, 2.05) is 19.1 Å². The van der Waals surface area contributed by atoms with Crippen LogP contribution in [0.5, 0.6) is 5.75 Å². The van der Waals surface area contributed by atoms with Gasteiger partial charge in [-0.3, -0.25) is 0 Å². The molecule has 0 spiro atoms. The largest absolute Gasteiger partial charge is 0.496 e. The summed E-state index contributed by atoms with van der Waals surface area (Å²) in [5.41, 5.74) is 1.09. The highest BCUT2D eigenvalue weighted by Gasteiger charge is 2.06. The lowest BCUT2D eigenvalue weighted by Crippen LogP contribution is -1.83. The van der Waals surface area contributed by atoms with Gasteiger partial charge in [0.1, 0.15) is 5.75 Å². The van der Waals surface area contributed by atoms with Crippen molar-refractivity contribution in [1.82, 2.24) is 0 Å². The zero-order valence-electron chi connectivity index (χ0n) is 7.43. The van der Waals surface area contributed by atoms with E-state index >= 15 is 0 Å². The van der Waals surface area contributed by atoms with Crippen molar-refractivity contribution < 1.29 is 9.13 Å². The molecule has 0 radical (unpaired) electrons. The summed E-state index contributed by atoms with van der Waals surface area (Å²) < 4.78 is 19.0. The molecule has 0 aliphatic carbocycles. The van der Waals surface area contributed by atoms with Crippen molar-refractivity contribution in [2.45, 2.75) is 6.92 Å². The predicted molar refractivity (Wildman–Crippen MR) is 53.1 cm³/mol. The summed E-state index contributed by atoms with van der Waals surface area (Å²) in [6.45, 7) is 1.97. The number of thiophene rings is 1. The number of aryl methyl sites for hydroxylation is 1. The van der Waals surface area contributed by atoms with E-state index < -0.39 is 0 Å². The fourth-order valence-electron chi connectivity index (χ4n) is 1.38. The van der Waals surface area contributed by atoms with Gasteiger partial charge in [-0.15, -0.1) is 11.3 Å². The van der Waals surface area contributed by atoms with Crippen LogP contribution in [-0.2, 0) is 0 Å². The molecule has 1 aromatic carbocycles. The van der Waals surface area contributed by atoms with Gasteiger partial charge in [0.05, 0.1) is 7.11 Å². The van der Waals surface area contributed by atoms with Crippen molar-refractivity contribution in [2.24, 2.45) is 0 Å². The van der Waals surface area contributed by atoms with Crippen LogP contribution in [0.1, 0.15) is 5.56 Å². The second kappa shape index (κ2) is 3.00. The minimum Gasteiger partial charge on any atom is -0.496 e. The van der Waals surface area contributed by atoms with Gasteiger partial charge >= 0.3 is 0 Å². The summed E-state index contributed by atoms with van der Waals surface area (Å²) in [5, 5.41) is 0.689. The summed E-state index contributed by atoms with van der Waals surface area (Å²) in [6, 6.07) is 5.39. The van der Waals surface area contributed by atoms with Gasteiger partial charge in [0.25, 0.3) is 0 Å². The molecule has 68 valence electrons. The van der Waals surface area contributed by atoms with E-state index in [4.69, 9.17) is 4.74 Å². The van der Waals surface area contributed by atoms with Gasteiger partial charge < -0.3 is 4.74 Å². The summed E-state index contributed by atoms with van der Waals surface area (Å²) in [4.78, 5) is 0. The van der Waals surface area contributed by atoms with Crippen LogP contribution in [0, 0.1) is 12.1 Å². The third kappa shape index (κ3) is 1.40. The van der Waals surface area contributed by atoms with Crippen molar-refractivity contribution in [3.05, 3.63) is 28.9 Å². The highest BCUT2D eigenvalue weighted by Crippen LogP contribution is 2.32. The molecule has 2 aromatic rings. The van der Waals surface area contributed by atoms with Gasteiger partial charge in [0.2, 0.25) is 0 Å². The molecule has 0 saturated carbocycles. The van der Waals surface area contributed by atoms with E-state index in [1.54, 1.807) is 7.11 Å². The molecule has 1 nitrogen and oxygen atoms in total. The van der Waals surface area contributed by atoms with E-state index in [9.17, 15) is 4.39 Å². The zero-order valence-corrected chi connectivity index (χ0v) is 8.24. The molecule has 0 atom stereocenters. The van der Waals surface area contributed by atoms with Gasteiger partial charge in [0, 0.05) is 10.1 Å². The van der Waals surface area contributed by atoms with Crippen LogP contribution >= 0.6 is 11.3 Å². The lowest BCUT2D eigenvalue weighted by molar-refractivity contribution is 0.419. The average Bonchev–Trinajstić information content (AvgIpc) is 2.43. The number of rotatable bonds is 1. The molecule has 0 amide bonds. The molecule has 3 heteroatoms. The molecule has 0 fully saturated rings. The Bertz CT molecular complexity index is 447. The molecule has 0 N–H and O–H groups in total. The van der Waals surface area contributed by atoms with Crippen molar-refractivity contribution in [3.63, 3.8) is 0 Å². The van der Waals surface area contributed by atoms with Crippen LogP contribution in [-0.4, -0.2) is 7.11 Å². The molecule has 2 rings (SSSR count). The van der Waals surface area contributed by atoms with E-state index in [2.05, 4.69) is 0 Å². The summed E-state index contributed by atoms with van der Waals surface area (Å²) >= 11 is 1.15. The number of halogens is 1. The summed E-state index contributed by atoms with van der Waals surface area (Å²) in [5.74, 6) is 0.746. The van der Waals surface area contributed by atoms with Crippen LogP contribution in [0.2, 0.25) is 0 Å². The zero-order chi connectivity index (χ0) is 9.42. The van der Waals surface area contributed by atoms with Crippen molar-refractivity contribution in [2.75, 3.05) is 7.11 Å². The van der Waals surface area contributed by atoms with Crippen LogP contribution in [0.25, 0.3) is 10.1 Å². The van der Waals surface area contributed by atoms with Crippen LogP contribution in [0.4, 0.5) is 4.39 Å².